The van der Waals surface area contributed by atoms with E-state index in [1.54, 1.807) is 19.2 Å². The Morgan fingerprint density at radius 2 is 1.95 bits per heavy atom. The predicted octanol–water partition coefficient (Wildman–Crippen LogP) is 3.67. The second-order valence-corrected chi connectivity index (χ2v) is 5.52. The summed E-state index contributed by atoms with van der Waals surface area (Å²) in [6, 6.07) is 13.7. The Morgan fingerprint density at radius 3 is 2.68 bits per heavy atom. The fourth-order valence-corrected chi connectivity index (χ4v) is 2.47. The third-order valence-electron chi connectivity index (χ3n) is 3.74. The summed E-state index contributed by atoms with van der Waals surface area (Å²) < 4.78 is 5.13. The molecule has 1 N–H and O–H groups in total. The average molecular weight is 297 g/mol. The standard InChI is InChI=1S/C19H23NO2/c1-14-9-10-16(15(2)12-14)7-5-11-20-19(21)17-6-4-8-18(13-17)22-3/h4,6,8-10,12-13H,5,7,11H2,1-3H3,(H,20,21). The van der Waals surface area contributed by atoms with Gasteiger partial charge in [-0.1, -0.05) is 29.8 Å². The van der Waals surface area contributed by atoms with E-state index >= 15 is 0 Å². The number of ether oxygens (including phenoxy) is 1. The zero-order valence-corrected chi connectivity index (χ0v) is 13.5. The molecule has 3 heteroatoms. The highest BCUT2D eigenvalue weighted by Crippen LogP contribution is 2.13. The average Bonchev–Trinajstić information content (AvgIpc) is 2.53. The molecule has 0 aliphatic heterocycles. The zero-order valence-electron chi connectivity index (χ0n) is 13.5. The van der Waals surface area contributed by atoms with E-state index < -0.39 is 0 Å². The minimum absolute atomic E-state index is 0.0560. The van der Waals surface area contributed by atoms with Crippen LogP contribution in [0.3, 0.4) is 0 Å². The predicted molar refractivity (Wildman–Crippen MR) is 89.6 cm³/mol. The van der Waals surface area contributed by atoms with Gasteiger partial charge in [-0.05, 0) is 56.0 Å². The molecule has 2 rings (SSSR count). The first-order valence-corrected chi connectivity index (χ1v) is 7.58. The molecule has 3 nitrogen and oxygen atoms in total. The number of carbonyl (C=O) groups is 1. The van der Waals surface area contributed by atoms with Gasteiger partial charge in [-0.2, -0.15) is 0 Å². The van der Waals surface area contributed by atoms with Crippen molar-refractivity contribution in [1.29, 1.82) is 0 Å². The Morgan fingerprint density at radius 1 is 1.14 bits per heavy atom. The van der Waals surface area contributed by atoms with Gasteiger partial charge in [0.25, 0.3) is 5.91 Å². The summed E-state index contributed by atoms with van der Waals surface area (Å²) in [4.78, 5) is 12.1. The highest BCUT2D eigenvalue weighted by atomic mass is 16.5. The van der Waals surface area contributed by atoms with Crippen LogP contribution in [0, 0.1) is 13.8 Å². The van der Waals surface area contributed by atoms with Gasteiger partial charge >= 0.3 is 0 Å². The molecule has 0 radical (unpaired) electrons. The highest BCUT2D eigenvalue weighted by Gasteiger charge is 2.06. The second kappa shape index (κ2) is 7.64. The summed E-state index contributed by atoms with van der Waals surface area (Å²) in [5.41, 5.74) is 4.58. The van der Waals surface area contributed by atoms with E-state index in [4.69, 9.17) is 4.74 Å². The first-order chi connectivity index (χ1) is 10.6. The lowest BCUT2D eigenvalue weighted by molar-refractivity contribution is 0.0953. The van der Waals surface area contributed by atoms with Crippen molar-refractivity contribution >= 4 is 5.91 Å². The number of rotatable bonds is 6. The Balaban J connectivity index is 1.82. The maximum absolute atomic E-state index is 12.1. The molecule has 0 unspecified atom stereocenters. The summed E-state index contributed by atoms with van der Waals surface area (Å²) in [7, 11) is 1.60. The molecule has 0 atom stereocenters. The molecule has 0 fully saturated rings. The lowest BCUT2D eigenvalue weighted by Crippen LogP contribution is -2.24. The van der Waals surface area contributed by atoms with Crippen LogP contribution in [-0.2, 0) is 6.42 Å². The van der Waals surface area contributed by atoms with Crippen LogP contribution in [0.15, 0.2) is 42.5 Å². The van der Waals surface area contributed by atoms with Crippen molar-refractivity contribution in [3.63, 3.8) is 0 Å². The van der Waals surface area contributed by atoms with Gasteiger partial charge in [0.1, 0.15) is 5.75 Å². The number of carbonyl (C=O) groups excluding carboxylic acids is 1. The van der Waals surface area contributed by atoms with Gasteiger partial charge in [-0.15, -0.1) is 0 Å². The number of hydrogen-bond acceptors (Lipinski definition) is 2. The molecule has 0 aliphatic rings. The van der Waals surface area contributed by atoms with Crippen molar-refractivity contribution in [2.75, 3.05) is 13.7 Å². The van der Waals surface area contributed by atoms with Crippen LogP contribution in [0.25, 0.3) is 0 Å². The molecule has 116 valence electrons. The number of methoxy groups -OCH3 is 1. The molecular weight excluding hydrogens is 274 g/mol. The van der Waals surface area contributed by atoms with Crippen LogP contribution < -0.4 is 10.1 Å². The molecular formula is C19H23NO2. The van der Waals surface area contributed by atoms with E-state index in [0.717, 1.165) is 12.8 Å². The van der Waals surface area contributed by atoms with Crippen LogP contribution >= 0.6 is 0 Å². The van der Waals surface area contributed by atoms with Gasteiger partial charge in [0, 0.05) is 12.1 Å². The van der Waals surface area contributed by atoms with E-state index in [1.165, 1.54) is 16.7 Å². The molecule has 1 amide bonds. The van der Waals surface area contributed by atoms with Gasteiger partial charge in [0.05, 0.1) is 7.11 Å². The molecule has 0 bridgehead atoms. The van der Waals surface area contributed by atoms with Crippen LogP contribution in [0.4, 0.5) is 0 Å². The van der Waals surface area contributed by atoms with Crippen LogP contribution in [0.2, 0.25) is 0 Å². The third-order valence-corrected chi connectivity index (χ3v) is 3.74. The normalized spacial score (nSPS) is 10.3. The Bertz CT molecular complexity index is 650. The van der Waals surface area contributed by atoms with E-state index in [1.807, 2.05) is 12.1 Å². The summed E-state index contributed by atoms with van der Waals surface area (Å²) in [6.45, 7) is 4.91. The van der Waals surface area contributed by atoms with Gasteiger partial charge in [-0.3, -0.25) is 4.79 Å². The molecule has 0 saturated carbocycles. The first-order valence-electron chi connectivity index (χ1n) is 7.58. The summed E-state index contributed by atoms with van der Waals surface area (Å²) in [5.74, 6) is 0.641. The number of benzene rings is 2. The molecule has 0 saturated heterocycles. The summed E-state index contributed by atoms with van der Waals surface area (Å²) in [6.07, 6.45) is 1.91. The van der Waals surface area contributed by atoms with Crippen molar-refractivity contribution < 1.29 is 9.53 Å². The fraction of sp³-hybridized carbons (Fsp3) is 0.316. The number of aryl methyl sites for hydroxylation is 3. The smallest absolute Gasteiger partial charge is 0.251 e. The van der Waals surface area contributed by atoms with Crippen molar-refractivity contribution in [1.82, 2.24) is 5.32 Å². The third kappa shape index (κ3) is 4.35. The Kier molecular flexibility index (Phi) is 5.59. The number of hydrogen-bond donors (Lipinski definition) is 1. The molecule has 0 aromatic heterocycles. The van der Waals surface area contributed by atoms with Gasteiger partial charge in [0.15, 0.2) is 0 Å². The molecule has 0 heterocycles. The fourth-order valence-electron chi connectivity index (χ4n) is 2.47. The summed E-state index contributed by atoms with van der Waals surface area (Å²) in [5, 5.41) is 2.96. The van der Waals surface area contributed by atoms with Crippen molar-refractivity contribution in [2.45, 2.75) is 26.7 Å². The quantitative estimate of drug-likeness (QED) is 0.826. The first kappa shape index (κ1) is 16.1. The van der Waals surface area contributed by atoms with Crippen LogP contribution in [-0.4, -0.2) is 19.6 Å². The van der Waals surface area contributed by atoms with E-state index in [9.17, 15) is 4.79 Å². The Labute approximate surface area is 132 Å². The minimum Gasteiger partial charge on any atom is -0.497 e. The molecule has 2 aromatic carbocycles. The van der Waals surface area contributed by atoms with E-state index in [-0.39, 0.29) is 5.91 Å². The van der Waals surface area contributed by atoms with Crippen molar-refractivity contribution in [3.05, 3.63) is 64.7 Å². The number of amides is 1. The van der Waals surface area contributed by atoms with Gasteiger partial charge < -0.3 is 10.1 Å². The van der Waals surface area contributed by atoms with Crippen molar-refractivity contribution in [3.8, 4) is 5.75 Å². The van der Waals surface area contributed by atoms with Crippen molar-refractivity contribution in [2.24, 2.45) is 0 Å². The minimum atomic E-state index is -0.0560. The topological polar surface area (TPSA) is 38.3 Å². The zero-order chi connectivity index (χ0) is 15.9. The Hall–Kier alpha value is -2.29. The molecule has 0 aliphatic carbocycles. The van der Waals surface area contributed by atoms with E-state index in [2.05, 4.69) is 37.4 Å². The van der Waals surface area contributed by atoms with Crippen LogP contribution in [0.5, 0.6) is 5.75 Å². The maximum atomic E-state index is 12.1. The summed E-state index contributed by atoms with van der Waals surface area (Å²) >= 11 is 0. The van der Waals surface area contributed by atoms with E-state index in [0.29, 0.717) is 17.9 Å². The second-order valence-electron chi connectivity index (χ2n) is 5.52. The monoisotopic (exact) mass is 297 g/mol. The van der Waals surface area contributed by atoms with Gasteiger partial charge in [-0.25, -0.2) is 0 Å². The number of nitrogens with one attached hydrogen (secondary N) is 1. The van der Waals surface area contributed by atoms with Crippen LogP contribution in [0.1, 0.15) is 33.5 Å². The molecule has 0 spiro atoms. The molecule has 22 heavy (non-hydrogen) atoms. The maximum Gasteiger partial charge on any atom is 0.251 e. The lowest BCUT2D eigenvalue weighted by atomic mass is 10.0. The highest BCUT2D eigenvalue weighted by molar-refractivity contribution is 5.94. The lowest BCUT2D eigenvalue weighted by Gasteiger charge is -2.09. The largest absolute Gasteiger partial charge is 0.497 e. The molecule has 2 aromatic rings. The SMILES string of the molecule is COc1cccc(C(=O)NCCCc2ccc(C)cc2C)c1. The van der Waals surface area contributed by atoms with Gasteiger partial charge in [0.2, 0.25) is 0 Å².